The summed E-state index contributed by atoms with van der Waals surface area (Å²) in [6.07, 6.45) is 5.00. The first-order valence-electron chi connectivity index (χ1n) is 10.2. The first-order chi connectivity index (χ1) is 14.5. The molecule has 0 aliphatic heterocycles. The SMILES string of the molecule is CCCCc1cc(F)c(C2=CCc3cc(-c4ccc(F)cc4)c(F)cc3C2)c(F)c1. The summed E-state index contributed by atoms with van der Waals surface area (Å²) in [5.74, 6) is -1.95. The van der Waals surface area contributed by atoms with E-state index in [1.54, 1.807) is 6.07 Å². The van der Waals surface area contributed by atoms with E-state index in [-0.39, 0.29) is 17.8 Å². The summed E-state index contributed by atoms with van der Waals surface area (Å²) in [7, 11) is 0. The van der Waals surface area contributed by atoms with Crippen molar-refractivity contribution < 1.29 is 17.6 Å². The van der Waals surface area contributed by atoms with Gasteiger partial charge in [0.15, 0.2) is 0 Å². The largest absolute Gasteiger partial charge is 0.207 e. The van der Waals surface area contributed by atoms with E-state index in [2.05, 4.69) is 0 Å². The molecular weight excluding hydrogens is 388 g/mol. The van der Waals surface area contributed by atoms with Gasteiger partial charge in [0, 0.05) is 11.1 Å². The summed E-state index contributed by atoms with van der Waals surface area (Å²) in [5.41, 5.74) is 3.76. The Balaban J connectivity index is 1.64. The normalized spacial score (nSPS) is 13.2. The smallest absolute Gasteiger partial charge is 0.133 e. The molecule has 30 heavy (non-hydrogen) atoms. The molecule has 1 aliphatic rings. The molecule has 0 saturated heterocycles. The van der Waals surface area contributed by atoms with E-state index in [4.69, 9.17) is 0 Å². The second-order valence-corrected chi connectivity index (χ2v) is 7.76. The summed E-state index contributed by atoms with van der Waals surface area (Å²) in [4.78, 5) is 0. The lowest BCUT2D eigenvalue weighted by atomic mass is 9.85. The van der Waals surface area contributed by atoms with E-state index in [9.17, 15) is 17.6 Å². The van der Waals surface area contributed by atoms with Crippen LogP contribution < -0.4 is 0 Å². The molecule has 0 radical (unpaired) electrons. The maximum Gasteiger partial charge on any atom is 0.133 e. The number of fused-ring (bicyclic) bond motifs is 1. The molecule has 0 fully saturated rings. The van der Waals surface area contributed by atoms with Gasteiger partial charge in [-0.15, -0.1) is 0 Å². The zero-order valence-electron chi connectivity index (χ0n) is 16.7. The highest BCUT2D eigenvalue weighted by atomic mass is 19.1. The summed E-state index contributed by atoms with van der Waals surface area (Å²) >= 11 is 0. The molecule has 0 nitrogen and oxygen atoms in total. The van der Waals surface area contributed by atoms with Crippen LogP contribution >= 0.6 is 0 Å². The van der Waals surface area contributed by atoms with Crippen LogP contribution in [0.15, 0.2) is 54.6 Å². The lowest BCUT2D eigenvalue weighted by Gasteiger charge is -2.20. The minimum Gasteiger partial charge on any atom is -0.207 e. The number of allylic oxidation sites excluding steroid dienone is 2. The summed E-state index contributed by atoms with van der Waals surface area (Å²) in [6, 6.07) is 11.6. The van der Waals surface area contributed by atoms with Gasteiger partial charge in [-0.05, 0) is 89.9 Å². The Morgan fingerprint density at radius 2 is 1.50 bits per heavy atom. The van der Waals surface area contributed by atoms with Gasteiger partial charge >= 0.3 is 0 Å². The van der Waals surface area contributed by atoms with Crippen LogP contribution in [0.3, 0.4) is 0 Å². The van der Waals surface area contributed by atoms with Crippen LogP contribution in [0, 0.1) is 23.3 Å². The zero-order valence-corrected chi connectivity index (χ0v) is 16.7. The zero-order chi connectivity index (χ0) is 21.3. The van der Waals surface area contributed by atoms with Crippen molar-refractivity contribution in [1.29, 1.82) is 0 Å². The molecule has 4 rings (SSSR count). The highest BCUT2D eigenvalue weighted by Crippen LogP contribution is 2.35. The maximum atomic E-state index is 14.8. The number of rotatable bonds is 5. The molecule has 0 unspecified atom stereocenters. The van der Waals surface area contributed by atoms with Gasteiger partial charge in [-0.1, -0.05) is 31.6 Å². The molecule has 0 amide bonds. The molecule has 0 spiro atoms. The molecule has 4 heteroatoms. The minimum atomic E-state index is -0.570. The van der Waals surface area contributed by atoms with Crippen molar-refractivity contribution in [2.24, 2.45) is 0 Å². The van der Waals surface area contributed by atoms with Crippen molar-refractivity contribution in [3.05, 3.63) is 100 Å². The van der Waals surface area contributed by atoms with Gasteiger partial charge in [-0.2, -0.15) is 0 Å². The van der Waals surface area contributed by atoms with Crippen molar-refractivity contribution in [2.75, 3.05) is 0 Å². The molecule has 154 valence electrons. The van der Waals surface area contributed by atoms with Crippen molar-refractivity contribution in [3.63, 3.8) is 0 Å². The van der Waals surface area contributed by atoms with Gasteiger partial charge in [-0.3, -0.25) is 0 Å². The monoisotopic (exact) mass is 410 g/mol. The summed E-state index contributed by atoms with van der Waals surface area (Å²) in [5, 5.41) is 0. The first-order valence-corrected chi connectivity index (χ1v) is 10.2. The quantitative estimate of drug-likeness (QED) is 0.384. The van der Waals surface area contributed by atoms with Gasteiger partial charge < -0.3 is 0 Å². The second kappa shape index (κ2) is 8.47. The second-order valence-electron chi connectivity index (χ2n) is 7.76. The van der Waals surface area contributed by atoms with Crippen LogP contribution in [0.5, 0.6) is 0 Å². The standard InChI is InChI=1S/C26H22F4/c1-2-3-4-16-11-24(29)26(25(30)12-16)19-6-5-18-14-22(23(28)15-20(18)13-19)17-7-9-21(27)10-8-17/h6-12,14-15H,2-5,13H2,1H3. The van der Waals surface area contributed by atoms with Gasteiger partial charge in [0.05, 0.1) is 0 Å². The number of hydrogen-bond acceptors (Lipinski definition) is 0. The van der Waals surface area contributed by atoms with Gasteiger partial charge in [-0.25, -0.2) is 17.6 Å². The highest BCUT2D eigenvalue weighted by molar-refractivity contribution is 5.74. The molecule has 0 saturated carbocycles. The molecule has 0 heterocycles. The van der Waals surface area contributed by atoms with Gasteiger partial charge in [0.2, 0.25) is 0 Å². The van der Waals surface area contributed by atoms with Crippen molar-refractivity contribution >= 4 is 5.57 Å². The molecule has 0 atom stereocenters. The van der Waals surface area contributed by atoms with Gasteiger partial charge in [0.1, 0.15) is 23.3 Å². The molecule has 3 aromatic carbocycles. The van der Waals surface area contributed by atoms with Crippen LogP contribution in [0.1, 0.15) is 42.0 Å². The molecule has 3 aromatic rings. The maximum absolute atomic E-state index is 14.8. The number of aryl methyl sites for hydroxylation is 1. The van der Waals surface area contributed by atoms with Crippen molar-refractivity contribution in [3.8, 4) is 11.1 Å². The lowest BCUT2D eigenvalue weighted by molar-refractivity contribution is 0.571. The summed E-state index contributed by atoms with van der Waals surface area (Å²) in [6.45, 7) is 2.03. The number of benzene rings is 3. The van der Waals surface area contributed by atoms with Gasteiger partial charge in [0.25, 0.3) is 0 Å². The molecule has 1 aliphatic carbocycles. The Labute approximate surface area is 173 Å². The fraction of sp³-hybridized carbons (Fsp3) is 0.231. The van der Waals surface area contributed by atoms with E-state index in [1.165, 1.54) is 42.5 Å². The number of unbranched alkanes of at least 4 members (excludes halogenated alkanes) is 1. The number of hydrogen-bond donors (Lipinski definition) is 0. The third kappa shape index (κ3) is 4.04. The van der Waals surface area contributed by atoms with Crippen LogP contribution in [0.4, 0.5) is 17.6 Å². The molecule has 0 bridgehead atoms. The first kappa shape index (κ1) is 20.4. The summed E-state index contributed by atoms with van der Waals surface area (Å²) < 4.78 is 57.4. The molecule has 0 N–H and O–H groups in total. The Hall–Kier alpha value is -2.88. The Morgan fingerprint density at radius 1 is 0.800 bits per heavy atom. The average Bonchev–Trinajstić information content (AvgIpc) is 2.72. The van der Waals surface area contributed by atoms with Crippen LogP contribution in [-0.4, -0.2) is 0 Å². The topological polar surface area (TPSA) is 0 Å². The van der Waals surface area contributed by atoms with Crippen LogP contribution in [0.25, 0.3) is 16.7 Å². The fourth-order valence-corrected chi connectivity index (χ4v) is 4.02. The van der Waals surface area contributed by atoms with Crippen LogP contribution in [-0.2, 0) is 19.3 Å². The Bertz CT molecular complexity index is 1090. The van der Waals surface area contributed by atoms with E-state index >= 15 is 0 Å². The Kier molecular flexibility index (Phi) is 5.76. The third-order valence-corrected chi connectivity index (χ3v) is 5.64. The highest BCUT2D eigenvalue weighted by Gasteiger charge is 2.21. The predicted octanol–water partition coefficient (Wildman–Crippen LogP) is 7.43. The van der Waals surface area contributed by atoms with Crippen LogP contribution in [0.2, 0.25) is 0 Å². The fourth-order valence-electron chi connectivity index (χ4n) is 4.02. The van der Waals surface area contributed by atoms with E-state index in [1.807, 2.05) is 13.0 Å². The van der Waals surface area contributed by atoms with E-state index < -0.39 is 17.5 Å². The van der Waals surface area contributed by atoms with E-state index in [0.717, 1.165) is 18.4 Å². The third-order valence-electron chi connectivity index (χ3n) is 5.64. The molecular formula is C26H22F4. The minimum absolute atomic E-state index is 0.0242. The molecule has 0 aromatic heterocycles. The average molecular weight is 410 g/mol. The predicted molar refractivity (Wildman–Crippen MR) is 112 cm³/mol. The Morgan fingerprint density at radius 3 is 2.17 bits per heavy atom. The lowest BCUT2D eigenvalue weighted by Crippen LogP contribution is -2.08. The van der Waals surface area contributed by atoms with Crippen molar-refractivity contribution in [1.82, 2.24) is 0 Å². The van der Waals surface area contributed by atoms with E-state index in [0.29, 0.717) is 40.7 Å². The van der Waals surface area contributed by atoms with Crippen molar-refractivity contribution in [2.45, 2.75) is 39.0 Å². The number of halogens is 4.